The Bertz CT molecular complexity index is 1140. The number of halogens is 1. The van der Waals surface area contributed by atoms with Crippen molar-refractivity contribution in [2.45, 2.75) is 6.54 Å². The number of carbonyl (C=O) groups excluding carboxylic acids is 4. The second-order valence-corrected chi connectivity index (χ2v) is 7.82. The number of carbonyl (C=O) groups is 4. The van der Waals surface area contributed by atoms with Crippen molar-refractivity contribution in [3.63, 3.8) is 0 Å². The highest BCUT2D eigenvalue weighted by atomic mass is 35.5. The van der Waals surface area contributed by atoms with E-state index >= 15 is 0 Å². The van der Waals surface area contributed by atoms with Gasteiger partial charge in [0.15, 0.2) is 18.1 Å². The number of furan rings is 1. The van der Waals surface area contributed by atoms with E-state index in [0.29, 0.717) is 5.56 Å². The van der Waals surface area contributed by atoms with E-state index in [-0.39, 0.29) is 46.1 Å². The summed E-state index contributed by atoms with van der Waals surface area (Å²) in [5, 5.41) is -0.368. The number of thioether (sulfide) groups is 1. The average molecular weight is 496 g/mol. The summed E-state index contributed by atoms with van der Waals surface area (Å²) in [5.41, 5.74) is 0.471. The smallest absolute Gasteiger partial charge is 0.373 e. The van der Waals surface area contributed by atoms with Gasteiger partial charge in [-0.25, -0.2) is 9.59 Å². The van der Waals surface area contributed by atoms with Crippen LogP contribution >= 0.6 is 23.4 Å². The number of amides is 2. The zero-order valence-corrected chi connectivity index (χ0v) is 19.3. The maximum atomic E-state index is 12.8. The van der Waals surface area contributed by atoms with Crippen LogP contribution in [0, 0.1) is 0 Å². The van der Waals surface area contributed by atoms with Crippen LogP contribution in [-0.4, -0.2) is 55.9 Å². The zero-order chi connectivity index (χ0) is 24.1. The minimum atomic E-state index is -0.667. The summed E-state index contributed by atoms with van der Waals surface area (Å²) in [7, 11) is 3.83. The van der Waals surface area contributed by atoms with E-state index in [1.54, 1.807) is 6.07 Å². The molecule has 2 aromatic rings. The lowest BCUT2D eigenvalue weighted by Gasteiger charge is -2.13. The Morgan fingerprint density at radius 3 is 2.58 bits per heavy atom. The fraction of sp³-hybridized carbons (Fsp3) is 0.238. The van der Waals surface area contributed by atoms with E-state index in [0.717, 1.165) is 16.7 Å². The molecule has 2 amide bonds. The summed E-state index contributed by atoms with van der Waals surface area (Å²) < 4.78 is 25.0. The first-order chi connectivity index (χ1) is 15.8. The fourth-order valence-electron chi connectivity index (χ4n) is 2.77. The molecule has 0 radical (unpaired) electrons. The summed E-state index contributed by atoms with van der Waals surface area (Å²) in [6.45, 7) is -0.515. The largest absolute Gasteiger partial charge is 0.493 e. The number of nitrogens with zero attached hydrogens (tertiary/aromatic N) is 1. The van der Waals surface area contributed by atoms with Crippen LogP contribution in [0.4, 0.5) is 4.79 Å². The van der Waals surface area contributed by atoms with Crippen LogP contribution in [0.15, 0.2) is 33.6 Å². The second kappa shape index (κ2) is 10.5. The molecule has 0 bridgehead atoms. The van der Waals surface area contributed by atoms with Crippen molar-refractivity contribution in [1.82, 2.24) is 4.90 Å². The predicted octanol–water partition coefficient (Wildman–Crippen LogP) is 3.52. The van der Waals surface area contributed by atoms with Crippen molar-refractivity contribution >= 4 is 52.5 Å². The molecule has 10 nitrogen and oxygen atoms in total. The van der Waals surface area contributed by atoms with Gasteiger partial charge in [0, 0.05) is 0 Å². The van der Waals surface area contributed by atoms with Crippen LogP contribution in [0.3, 0.4) is 0 Å². The van der Waals surface area contributed by atoms with Gasteiger partial charge in [-0.15, -0.1) is 0 Å². The van der Waals surface area contributed by atoms with Crippen LogP contribution < -0.4 is 9.47 Å². The number of methoxy groups -OCH3 is 3. The first-order valence-corrected chi connectivity index (χ1v) is 10.5. The maximum absolute atomic E-state index is 12.8. The third kappa shape index (κ3) is 5.49. The lowest BCUT2D eigenvalue weighted by Crippen LogP contribution is -2.27. The van der Waals surface area contributed by atoms with Crippen molar-refractivity contribution in [2.75, 3.05) is 27.9 Å². The standard InChI is InChI=1S/C21H18ClNO9S/c1-28-15-7-11(6-13(22)18(15)31-10-17(24)29-2)8-16-19(25)23(21(27)33-16)9-12-4-5-14(32-12)20(26)30-3/h4-8H,9-10H2,1-3H3/b16-8+. The molecule has 0 unspecified atom stereocenters. The van der Waals surface area contributed by atoms with Gasteiger partial charge in [-0.1, -0.05) is 11.6 Å². The summed E-state index contributed by atoms with van der Waals surface area (Å²) in [5.74, 6) is -1.23. The van der Waals surface area contributed by atoms with Crippen LogP contribution in [-0.2, 0) is 25.6 Å². The topological polar surface area (TPSA) is 122 Å². The summed E-state index contributed by atoms with van der Waals surface area (Å²) in [6, 6.07) is 5.92. The average Bonchev–Trinajstić information content (AvgIpc) is 3.37. The van der Waals surface area contributed by atoms with Gasteiger partial charge in [0.25, 0.3) is 11.1 Å². The lowest BCUT2D eigenvalue weighted by atomic mass is 10.1. The molecule has 33 heavy (non-hydrogen) atoms. The zero-order valence-electron chi connectivity index (χ0n) is 17.7. The number of benzene rings is 1. The van der Waals surface area contributed by atoms with Gasteiger partial charge in [0.2, 0.25) is 5.76 Å². The van der Waals surface area contributed by atoms with Gasteiger partial charge in [0.1, 0.15) is 5.76 Å². The SMILES string of the molecule is COC(=O)COc1c(Cl)cc(/C=C2/SC(=O)N(Cc3ccc(C(=O)OC)o3)C2=O)cc1OC. The van der Waals surface area contributed by atoms with E-state index in [1.165, 1.54) is 45.6 Å². The molecule has 0 atom stereocenters. The maximum Gasteiger partial charge on any atom is 0.373 e. The van der Waals surface area contributed by atoms with Crippen molar-refractivity contribution in [2.24, 2.45) is 0 Å². The van der Waals surface area contributed by atoms with E-state index in [1.807, 2.05) is 0 Å². The van der Waals surface area contributed by atoms with Crippen molar-refractivity contribution < 1.29 is 42.5 Å². The molecule has 2 heterocycles. The number of hydrogen-bond donors (Lipinski definition) is 0. The highest BCUT2D eigenvalue weighted by Crippen LogP contribution is 2.39. The highest BCUT2D eigenvalue weighted by molar-refractivity contribution is 8.18. The monoisotopic (exact) mass is 495 g/mol. The molecule has 0 saturated carbocycles. The molecule has 0 spiro atoms. The molecule has 1 aliphatic rings. The molecule has 1 fully saturated rings. The molecule has 12 heteroatoms. The molecule has 1 aromatic carbocycles. The van der Waals surface area contributed by atoms with Crippen LogP contribution in [0.5, 0.6) is 11.5 Å². The molecule has 174 valence electrons. The van der Waals surface area contributed by atoms with Crippen molar-refractivity contribution in [1.29, 1.82) is 0 Å². The number of rotatable bonds is 8. The van der Waals surface area contributed by atoms with E-state index < -0.39 is 23.1 Å². The van der Waals surface area contributed by atoms with Gasteiger partial charge in [-0.05, 0) is 47.7 Å². The Labute approximate surface area is 197 Å². The van der Waals surface area contributed by atoms with Crippen LogP contribution in [0.2, 0.25) is 5.02 Å². The van der Waals surface area contributed by atoms with Crippen molar-refractivity contribution in [3.05, 3.63) is 51.3 Å². The molecule has 0 aliphatic carbocycles. The first kappa shape index (κ1) is 24.2. The molecule has 1 aliphatic heterocycles. The van der Waals surface area contributed by atoms with Crippen molar-refractivity contribution in [3.8, 4) is 11.5 Å². The molecule has 0 N–H and O–H groups in total. The molecule has 1 saturated heterocycles. The summed E-state index contributed by atoms with van der Waals surface area (Å²) >= 11 is 7.00. The van der Waals surface area contributed by atoms with Crippen LogP contribution in [0.25, 0.3) is 6.08 Å². The molecule has 3 rings (SSSR count). The minimum absolute atomic E-state index is 0.0359. The highest BCUT2D eigenvalue weighted by Gasteiger charge is 2.36. The Morgan fingerprint density at radius 1 is 1.15 bits per heavy atom. The van der Waals surface area contributed by atoms with E-state index in [9.17, 15) is 19.2 Å². The second-order valence-electron chi connectivity index (χ2n) is 6.42. The molecular weight excluding hydrogens is 478 g/mol. The lowest BCUT2D eigenvalue weighted by molar-refractivity contribution is -0.142. The van der Waals surface area contributed by atoms with E-state index in [4.69, 9.17) is 25.5 Å². The number of imide groups is 1. The Morgan fingerprint density at radius 2 is 1.91 bits per heavy atom. The Kier molecular flexibility index (Phi) is 7.67. The van der Waals surface area contributed by atoms with Gasteiger partial charge in [-0.3, -0.25) is 14.5 Å². The molecular formula is C21H18ClNO9S. The van der Waals surface area contributed by atoms with Gasteiger partial charge in [-0.2, -0.15) is 0 Å². The molecule has 1 aromatic heterocycles. The quantitative estimate of drug-likeness (QED) is 0.397. The van der Waals surface area contributed by atoms with Gasteiger partial charge in [0.05, 0.1) is 37.8 Å². The van der Waals surface area contributed by atoms with Crippen LogP contribution in [0.1, 0.15) is 21.9 Å². The van der Waals surface area contributed by atoms with E-state index in [2.05, 4.69) is 9.47 Å². The predicted molar refractivity (Wildman–Crippen MR) is 117 cm³/mol. The number of hydrogen-bond acceptors (Lipinski definition) is 10. The van der Waals surface area contributed by atoms with Gasteiger partial charge >= 0.3 is 11.9 Å². The third-order valence-corrected chi connectivity index (χ3v) is 5.54. The summed E-state index contributed by atoms with van der Waals surface area (Å²) in [4.78, 5) is 49.1. The number of ether oxygens (including phenoxy) is 4. The first-order valence-electron chi connectivity index (χ1n) is 9.27. The van der Waals surface area contributed by atoms with Gasteiger partial charge < -0.3 is 23.4 Å². The normalized spacial score (nSPS) is 14.5. The Balaban J connectivity index is 1.79. The Hall–Kier alpha value is -3.44. The third-order valence-electron chi connectivity index (χ3n) is 4.35. The minimum Gasteiger partial charge on any atom is -0.493 e. The number of esters is 2. The fourth-order valence-corrected chi connectivity index (χ4v) is 3.88. The summed E-state index contributed by atoms with van der Waals surface area (Å²) in [6.07, 6.45) is 1.48.